The minimum atomic E-state index is 0. The van der Waals surface area contributed by atoms with Crippen molar-refractivity contribution in [1.82, 2.24) is 10.2 Å². The lowest BCUT2D eigenvalue weighted by Gasteiger charge is -2.56. The van der Waals surface area contributed by atoms with Gasteiger partial charge in [0, 0.05) is 19.5 Å². The molecule has 1 aliphatic heterocycles. The highest BCUT2D eigenvalue weighted by Gasteiger charge is 2.51. The summed E-state index contributed by atoms with van der Waals surface area (Å²) in [6, 6.07) is 0. The molecule has 1 atom stereocenters. The number of hydrogen-bond acceptors (Lipinski definition) is 3. The minimum absolute atomic E-state index is 0. The lowest BCUT2D eigenvalue weighted by Crippen LogP contribution is -2.48. The summed E-state index contributed by atoms with van der Waals surface area (Å²) in [7, 11) is 0. The second kappa shape index (κ2) is 7.31. The Kier molecular flexibility index (Phi) is 5.60. The van der Waals surface area contributed by atoms with Crippen molar-refractivity contribution in [3.8, 4) is 0 Å². The summed E-state index contributed by atoms with van der Waals surface area (Å²) in [5, 5.41) is 2.92. The fraction of sp³-hybridized carbons (Fsp3) is 0.900. The third-order valence-corrected chi connectivity index (χ3v) is 7.54. The molecule has 0 aromatic rings. The van der Waals surface area contributed by atoms with Crippen LogP contribution in [-0.4, -0.2) is 42.9 Å². The molecule has 3 N–H and O–H groups in total. The van der Waals surface area contributed by atoms with Crippen molar-refractivity contribution in [3.05, 3.63) is 0 Å². The van der Waals surface area contributed by atoms with E-state index in [4.69, 9.17) is 5.73 Å². The first kappa shape index (κ1) is 19.9. The Morgan fingerprint density at radius 2 is 1.69 bits per heavy atom. The molecule has 4 bridgehead atoms. The molecule has 1 saturated heterocycles. The van der Waals surface area contributed by atoms with E-state index in [1.54, 1.807) is 0 Å². The monoisotopic (exact) mass is 383 g/mol. The Morgan fingerprint density at radius 1 is 1.12 bits per heavy atom. The van der Waals surface area contributed by atoms with Gasteiger partial charge in [-0.3, -0.25) is 9.59 Å². The van der Waals surface area contributed by atoms with Gasteiger partial charge in [-0.05, 0) is 80.1 Å². The molecule has 5 fully saturated rings. The summed E-state index contributed by atoms with van der Waals surface area (Å²) >= 11 is 0. The van der Waals surface area contributed by atoms with E-state index >= 15 is 0 Å². The number of carbonyl (C=O) groups is 2. The number of amides is 2. The van der Waals surface area contributed by atoms with Gasteiger partial charge in [-0.1, -0.05) is 6.92 Å². The van der Waals surface area contributed by atoms with Crippen LogP contribution in [0.1, 0.15) is 58.3 Å². The van der Waals surface area contributed by atoms with Gasteiger partial charge in [0.1, 0.15) is 0 Å². The Hall–Kier alpha value is -0.810. The van der Waals surface area contributed by atoms with Crippen molar-refractivity contribution in [2.24, 2.45) is 34.3 Å². The Bertz CT molecular complexity index is 532. The summed E-state index contributed by atoms with van der Waals surface area (Å²) in [5.41, 5.74) is 6.09. The molecule has 148 valence electrons. The maximum Gasteiger partial charge on any atom is 0.241 e. The summed E-state index contributed by atoms with van der Waals surface area (Å²) in [6.45, 7) is 4.36. The molecule has 5 rings (SSSR count). The minimum Gasteiger partial charge on any atom is -0.347 e. The highest BCUT2D eigenvalue weighted by atomic mass is 35.5. The first-order valence-corrected chi connectivity index (χ1v) is 10.1. The van der Waals surface area contributed by atoms with Gasteiger partial charge in [-0.2, -0.15) is 0 Å². The number of likely N-dealkylation sites (tertiary alicyclic amines) is 1. The predicted molar refractivity (Wildman–Crippen MR) is 104 cm³/mol. The van der Waals surface area contributed by atoms with Crippen molar-refractivity contribution in [2.75, 3.05) is 26.2 Å². The van der Waals surface area contributed by atoms with Gasteiger partial charge in [0.2, 0.25) is 11.8 Å². The van der Waals surface area contributed by atoms with Crippen molar-refractivity contribution >= 4 is 24.2 Å². The average molecular weight is 384 g/mol. The fourth-order valence-electron chi connectivity index (χ4n) is 6.60. The number of halogens is 1. The van der Waals surface area contributed by atoms with Gasteiger partial charge >= 0.3 is 0 Å². The molecule has 26 heavy (non-hydrogen) atoms. The standard InChI is InChI=1S/C20H33N3O2.ClH/c1-19(12-21)2-3-23(13-19)18(25)11-22-17(24)10-20-7-14-4-15(8-20)6-16(5-14)9-20;/h14-16H,2-13,21H2,1H3,(H,22,24);1H. The van der Waals surface area contributed by atoms with Crippen LogP contribution >= 0.6 is 12.4 Å². The van der Waals surface area contributed by atoms with Crippen LogP contribution < -0.4 is 11.1 Å². The smallest absolute Gasteiger partial charge is 0.241 e. The molecule has 1 unspecified atom stereocenters. The van der Waals surface area contributed by atoms with Crippen LogP contribution in [0.5, 0.6) is 0 Å². The van der Waals surface area contributed by atoms with Gasteiger partial charge in [-0.15, -0.1) is 12.4 Å². The number of nitrogens with two attached hydrogens (primary N) is 1. The maximum absolute atomic E-state index is 12.5. The molecule has 6 heteroatoms. The summed E-state index contributed by atoms with van der Waals surface area (Å²) in [4.78, 5) is 26.8. The third kappa shape index (κ3) is 3.89. The lowest BCUT2D eigenvalue weighted by molar-refractivity contribution is -0.135. The molecule has 5 nitrogen and oxygen atoms in total. The SMILES string of the molecule is CC1(CN)CCN(C(=O)CNC(=O)CC23CC4CC(CC(C4)C2)C3)C1.Cl. The van der Waals surface area contributed by atoms with E-state index in [-0.39, 0.29) is 41.6 Å². The Morgan fingerprint density at radius 3 is 2.19 bits per heavy atom. The third-order valence-electron chi connectivity index (χ3n) is 7.54. The quantitative estimate of drug-likeness (QED) is 0.765. The fourth-order valence-corrected chi connectivity index (χ4v) is 6.60. The highest BCUT2D eigenvalue weighted by molar-refractivity contribution is 5.85. The van der Waals surface area contributed by atoms with Gasteiger partial charge in [0.25, 0.3) is 0 Å². The van der Waals surface area contributed by atoms with Crippen LogP contribution in [0.2, 0.25) is 0 Å². The van der Waals surface area contributed by atoms with Crippen molar-refractivity contribution in [3.63, 3.8) is 0 Å². The van der Waals surface area contributed by atoms with E-state index in [2.05, 4.69) is 12.2 Å². The van der Waals surface area contributed by atoms with E-state index in [0.717, 1.165) is 30.7 Å². The van der Waals surface area contributed by atoms with E-state index in [0.29, 0.717) is 19.5 Å². The molecule has 0 radical (unpaired) electrons. The van der Waals surface area contributed by atoms with Gasteiger partial charge in [0.15, 0.2) is 0 Å². The van der Waals surface area contributed by atoms with E-state index < -0.39 is 0 Å². The second-order valence-electron chi connectivity index (χ2n) is 9.95. The molecule has 4 aliphatic carbocycles. The zero-order valence-corrected chi connectivity index (χ0v) is 16.8. The average Bonchev–Trinajstić information content (AvgIpc) is 2.94. The second-order valence-corrected chi connectivity index (χ2v) is 9.95. The van der Waals surface area contributed by atoms with Crippen LogP contribution in [0, 0.1) is 28.6 Å². The van der Waals surface area contributed by atoms with E-state index in [1.165, 1.54) is 38.5 Å². The zero-order chi connectivity index (χ0) is 17.7. The molecule has 4 saturated carbocycles. The van der Waals surface area contributed by atoms with Gasteiger partial charge in [-0.25, -0.2) is 0 Å². The first-order valence-electron chi connectivity index (χ1n) is 10.1. The first-order chi connectivity index (χ1) is 11.9. The summed E-state index contributed by atoms with van der Waals surface area (Å²) in [5.74, 6) is 2.70. The topological polar surface area (TPSA) is 75.4 Å². The van der Waals surface area contributed by atoms with Gasteiger partial charge in [0.05, 0.1) is 6.54 Å². The predicted octanol–water partition coefficient (Wildman–Crippen LogP) is 2.33. The molecular weight excluding hydrogens is 350 g/mol. The van der Waals surface area contributed by atoms with Crippen LogP contribution in [-0.2, 0) is 9.59 Å². The molecule has 1 heterocycles. The maximum atomic E-state index is 12.5. The Balaban J connectivity index is 0.00000196. The van der Waals surface area contributed by atoms with Crippen LogP contribution in [0.3, 0.4) is 0 Å². The number of carbonyl (C=O) groups excluding carboxylic acids is 2. The van der Waals surface area contributed by atoms with Crippen LogP contribution in [0.25, 0.3) is 0 Å². The van der Waals surface area contributed by atoms with Crippen molar-refractivity contribution in [2.45, 2.75) is 58.3 Å². The zero-order valence-electron chi connectivity index (χ0n) is 16.0. The number of hydrogen-bond donors (Lipinski definition) is 2. The largest absolute Gasteiger partial charge is 0.347 e. The molecular formula is C20H34ClN3O2. The highest BCUT2D eigenvalue weighted by Crippen LogP contribution is 2.61. The van der Waals surface area contributed by atoms with E-state index in [1.807, 2.05) is 4.90 Å². The number of nitrogens with one attached hydrogen (secondary N) is 1. The van der Waals surface area contributed by atoms with Crippen LogP contribution in [0.4, 0.5) is 0 Å². The molecule has 0 aromatic carbocycles. The molecule has 0 aromatic heterocycles. The number of rotatable bonds is 5. The number of nitrogens with zero attached hydrogens (tertiary/aromatic N) is 1. The lowest BCUT2D eigenvalue weighted by atomic mass is 9.49. The van der Waals surface area contributed by atoms with Gasteiger partial charge < -0.3 is 16.0 Å². The molecule has 5 aliphatic rings. The molecule has 2 amide bonds. The van der Waals surface area contributed by atoms with Crippen molar-refractivity contribution in [1.29, 1.82) is 0 Å². The molecule has 0 spiro atoms. The summed E-state index contributed by atoms with van der Waals surface area (Å²) < 4.78 is 0. The summed E-state index contributed by atoms with van der Waals surface area (Å²) in [6.07, 6.45) is 9.49. The van der Waals surface area contributed by atoms with Crippen LogP contribution in [0.15, 0.2) is 0 Å². The normalized spacial score (nSPS) is 40.4. The van der Waals surface area contributed by atoms with E-state index in [9.17, 15) is 9.59 Å². The van der Waals surface area contributed by atoms with Crippen molar-refractivity contribution < 1.29 is 9.59 Å². The Labute approximate surface area is 163 Å².